The van der Waals surface area contributed by atoms with Crippen molar-refractivity contribution >= 4 is 10.0 Å². The second-order valence-corrected chi connectivity index (χ2v) is 9.86. The molecule has 0 bridgehead atoms. The summed E-state index contributed by atoms with van der Waals surface area (Å²) in [7, 11) is -3.81. The highest BCUT2D eigenvalue weighted by Gasteiger charge is 2.24. The molecule has 1 atom stereocenters. The van der Waals surface area contributed by atoms with Crippen molar-refractivity contribution in [3.63, 3.8) is 0 Å². The first-order valence-electron chi connectivity index (χ1n) is 11.0. The first kappa shape index (κ1) is 23.8. The number of rotatable bonds is 10. The molecule has 0 fully saturated rings. The maximum absolute atomic E-state index is 13.6. The Labute approximate surface area is 191 Å². The molecule has 168 valence electrons. The Morgan fingerprint density at radius 1 is 0.938 bits per heavy atom. The monoisotopic (exact) mass is 449 g/mol. The Morgan fingerprint density at radius 2 is 1.53 bits per heavy atom. The second kappa shape index (κ2) is 11.1. The summed E-state index contributed by atoms with van der Waals surface area (Å²) in [5, 5.41) is 11.1. The van der Waals surface area contributed by atoms with E-state index in [4.69, 9.17) is 0 Å². The minimum Gasteiger partial charge on any atom is -0.384 e. The van der Waals surface area contributed by atoms with Crippen molar-refractivity contribution < 1.29 is 13.5 Å². The van der Waals surface area contributed by atoms with Crippen LogP contribution in [0, 0.1) is 6.92 Å². The third-order valence-corrected chi connectivity index (χ3v) is 7.12. The van der Waals surface area contributed by atoms with Crippen molar-refractivity contribution in [1.82, 2.24) is 4.31 Å². The minimum absolute atomic E-state index is 0.189. The van der Waals surface area contributed by atoms with E-state index in [2.05, 4.69) is 6.92 Å². The maximum atomic E-state index is 13.6. The number of aliphatic hydroxyl groups excluding tert-OH is 1. The Morgan fingerprint density at radius 3 is 2.12 bits per heavy atom. The van der Waals surface area contributed by atoms with Crippen LogP contribution in [-0.4, -0.2) is 17.8 Å². The molecule has 0 aliphatic carbocycles. The molecule has 0 amide bonds. The van der Waals surface area contributed by atoms with Gasteiger partial charge < -0.3 is 5.11 Å². The molecular formula is C27H31NO3S. The number of nitrogens with zero attached hydrogens (tertiary/aromatic N) is 1. The van der Waals surface area contributed by atoms with Crippen molar-refractivity contribution in [1.29, 1.82) is 0 Å². The van der Waals surface area contributed by atoms with Crippen molar-refractivity contribution in [2.24, 2.45) is 0 Å². The van der Waals surface area contributed by atoms with Crippen LogP contribution in [0.1, 0.15) is 49.0 Å². The third-order valence-electron chi connectivity index (χ3n) is 5.40. The van der Waals surface area contributed by atoms with E-state index in [9.17, 15) is 13.5 Å². The first-order chi connectivity index (χ1) is 15.4. The van der Waals surface area contributed by atoms with Crippen LogP contribution < -0.4 is 0 Å². The van der Waals surface area contributed by atoms with Crippen molar-refractivity contribution in [2.75, 3.05) is 0 Å². The van der Waals surface area contributed by atoms with Crippen LogP contribution >= 0.6 is 0 Å². The van der Waals surface area contributed by atoms with Gasteiger partial charge in [-0.05, 0) is 48.6 Å². The maximum Gasteiger partial charge on any atom is 0.264 e. The number of aliphatic hydroxyl groups is 1. The highest BCUT2D eigenvalue weighted by Crippen LogP contribution is 2.29. The van der Waals surface area contributed by atoms with E-state index in [0.717, 1.165) is 29.5 Å². The summed E-state index contributed by atoms with van der Waals surface area (Å²) in [4.78, 5) is 0.235. The van der Waals surface area contributed by atoms with Crippen LogP contribution in [-0.2, 0) is 16.6 Å². The molecule has 4 nitrogen and oxygen atoms in total. The van der Waals surface area contributed by atoms with Crippen LogP contribution in [0.3, 0.4) is 0 Å². The zero-order valence-electron chi connectivity index (χ0n) is 18.7. The molecule has 1 N–H and O–H groups in total. The third kappa shape index (κ3) is 6.09. The quantitative estimate of drug-likeness (QED) is 0.413. The summed E-state index contributed by atoms with van der Waals surface area (Å²) in [6.07, 6.45) is 3.19. The molecule has 3 aromatic rings. The molecular weight excluding hydrogens is 418 g/mol. The molecule has 3 aromatic carbocycles. The molecule has 0 spiro atoms. The molecule has 0 saturated carbocycles. The van der Waals surface area contributed by atoms with Gasteiger partial charge in [0.2, 0.25) is 0 Å². The predicted octanol–water partition coefficient (Wildman–Crippen LogP) is 5.99. The van der Waals surface area contributed by atoms with Gasteiger partial charge in [0.1, 0.15) is 6.10 Å². The van der Waals surface area contributed by atoms with E-state index in [0.29, 0.717) is 12.0 Å². The molecule has 0 aliphatic heterocycles. The smallest absolute Gasteiger partial charge is 0.264 e. The molecule has 3 rings (SSSR count). The van der Waals surface area contributed by atoms with Gasteiger partial charge in [0.15, 0.2) is 0 Å². The van der Waals surface area contributed by atoms with Gasteiger partial charge in [-0.2, -0.15) is 0 Å². The predicted molar refractivity (Wildman–Crippen MR) is 129 cm³/mol. The van der Waals surface area contributed by atoms with E-state index in [-0.39, 0.29) is 11.4 Å². The highest BCUT2D eigenvalue weighted by molar-refractivity contribution is 7.89. The lowest BCUT2D eigenvalue weighted by Crippen LogP contribution is -2.27. The van der Waals surface area contributed by atoms with Crippen LogP contribution in [0.25, 0.3) is 0 Å². The van der Waals surface area contributed by atoms with E-state index < -0.39 is 16.1 Å². The van der Waals surface area contributed by atoms with Crippen LogP contribution in [0.4, 0.5) is 0 Å². The molecule has 0 saturated heterocycles. The molecule has 0 aromatic heterocycles. The van der Waals surface area contributed by atoms with Gasteiger partial charge >= 0.3 is 0 Å². The zero-order chi connectivity index (χ0) is 23.0. The lowest BCUT2D eigenvalue weighted by molar-refractivity contribution is 0.208. The second-order valence-electron chi connectivity index (χ2n) is 7.97. The lowest BCUT2D eigenvalue weighted by Gasteiger charge is -2.24. The Kier molecular flexibility index (Phi) is 8.26. The normalized spacial score (nSPS) is 13.0. The van der Waals surface area contributed by atoms with Gasteiger partial charge in [-0.15, -0.1) is 0 Å². The van der Waals surface area contributed by atoms with Crippen molar-refractivity contribution in [3.8, 4) is 0 Å². The molecule has 32 heavy (non-hydrogen) atoms. The number of hydrogen-bond acceptors (Lipinski definition) is 3. The Bertz CT molecular complexity index is 1110. The summed E-state index contributed by atoms with van der Waals surface area (Å²) >= 11 is 0. The molecule has 5 heteroatoms. The number of sulfonamides is 1. The van der Waals surface area contributed by atoms with Crippen LogP contribution in [0.5, 0.6) is 0 Å². The van der Waals surface area contributed by atoms with Crippen molar-refractivity contribution in [3.05, 3.63) is 113 Å². The van der Waals surface area contributed by atoms with Gasteiger partial charge in [0.05, 0.1) is 11.4 Å². The summed E-state index contributed by atoms with van der Waals surface area (Å²) in [5.74, 6) is 0. The molecule has 0 heterocycles. The van der Waals surface area contributed by atoms with Crippen LogP contribution in [0.2, 0.25) is 0 Å². The zero-order valence-corrected chi connectivity index (χ0v) is 19.5. The van der Waals surface area contributed by atoms with E-state index >= 15 is 0 Å². The largest absolute Gasteiger partial charge is 0.384 e. The Balaban J connectivity index is 2.06. The first-order valence-corrected chi connectivity index (χ1v) is 12.4. The summed E-state index contributed by atoms with van der Waals surface area (Å²) in [6, 6.07) is 25.8. The number of aryl methyl sites for hydroxylation is 1. The van der Waals surface area contributed by atoms with E-state index in [1.165, 1.54) is 4.31 Å². The van der Waals surface area contributed by atoms with Crippen molar-refractivity contribution in [2.45, 2.75) is 50.7 Å². The fourth-order valence-electron chi connectivity index (χ4n) is 3.50. The van der Waals surface area contributed by atoms with Gasteiger partial charge in [0, 0.05) is 6.20 Å². The molecule has 0 radical (unpaired) electrons. The fraction of sp³-hybridized carbons (Fsp3) is 0.259. The van der Waals surface area contributed by atoms with E-state index in [1.807, 2.05) is 67.6 Å². The standard InChI is InChI=1S/C27H31NO3S/c1-3-4-13-25(27(29)24-14-9-6-10-15-24)21-28(20-23-11-7-5-8-12-23)32(30,31)26-18-16-22(2)17-19-26/h5-12,14-19,21,27,29H,3-4,13,20H2,1-2H3/b25-21+/t27-/m1/s1. The molecule has 0 unspecified atom stereocenters. The average Bonchev–Trinajstić information content (AvgIpc) is 2.82. The van der Waals surface area contributed by atoms with Gasteiger partial charge in [-0.1, -0.05) is 91.7 Å². The number of hydrogen-bond donors (Lipinski definition) is 1. The summed E-state index contributed by atoms with van der Waals surface area (Å²) in [5.41, 5.74) is 3.31. The lowest BCUT2D eigenvalue weighted by atomic mass is 9.98. The SMILES string of the molecule is CCCC/C(=C\N(Cc1ccccc1)S(=O)(=O)c1ccc(C)cc1)[C@H](O)c1ccccc1. The number of unbranched alkanes of at least 4 members (excludes halogenated alkanes) is 1. The number of benzene rings is 3. The minimum atomic E-state index is -3.81. The average molecular weight is 450 g/mol. The summed E-state index contributed by atoms with van der Waals surface area (Å²) < 4.78 is 28.6. The van der Waals surface area contributed by atoms with E-state index in [1.54, 1.807) is 30.5 Å². The fourth-order valence-corrected chi connectivity index (χ4v) is 4.84. The topological polar surface area (TPSA) is 57.6 Å². The van der Waals surface area contributed by atoms with Gasteiger partial charge in [-0.25, -0.2) is 8.42 Å². The van der Waals surface area contributed by atoms with Gasteiger partial charge in [-0.3, -0.25) is 4.31 Å². The highest BCUT2D eigenvalue weighted by atomic mass is 32.2. The Hall–Kier alpha value is -2.89. The summed E-state index contributed by atoms with van der Waals surface area (Å²) in [6.45, 7) is 4.20. The molecule has 0 aliphatic rings. The van der Waals surface area contributed by atoms with Gasteiger partial charge in [0.25, 0.3) is 10.0 Å². The van der Waals surface area contributed by atoms with Crippen LogP contribution in [0.15, 0.2) is 102 Å².